The minimum atomic E-state index is 0.00958. The molecule has 1 N–H and O–H groups in total. The van der Waals surface area contributed by atoms with Gasteiger partial charge in [0.2, 0.25) is 0 Å². The molecule has 2 saturated heterocycles. The first kappa shape index (κ1) is 14.5. The lowest BCUT2D eigenvalue weighted by Crippen LogP contribution is -2.52. The Morgan fingerprint density at radius 2 is 2.00 bits per heavy atom. The van der Waals surface area contributed by atoms with Crippen LogP contribution in [0, 0.1) is 11.3 Å². The number of hydrogen-bond donors (Lipinski definition) is 1. The van der Waals surface area contributed by atoms with Crippen molar-refractivity contribution in [3.63, 3.8) is 0 Å². The lowest BCUT2D eigenvalue weighted by atomic mass is 10.1. The summed E-state index contributed by atoms with van der Waals surface area (Å²) in [6.07, 6.45) is 4.14. The molecule has 21 heavy (non-hydrogen) atoms. The van der Waals surface area contributed by atoms with Crippen molar-refractivity contribution >= 4 is 17.7 Å². The summed E-state index contributed by atoms with van der Waals surface area (Å²) in [6, 6.07) is 4.38. The molecule has 3 heterocycles. The fourth-order valence-corrected chi connectivity index (χ4v) is 4.17. The van der Waals surface area contributed by atoms with E-state index in [0.717, 1.165) is 26.2 Å². The van der Waals surface area contributed by atoms with Crippen LogP contribution in [0.5, 0.6) is 0 Å². The van der Waals surface area contributed by atoms with Crippen LogP contribution in [0.1, 0.15) is 28.9 Å². The highest BCUT2D eigenvalue weighted by atomic mass is 32.2. The Bertz CT molecular complexity index is 536. The fraction of sp³-hybridized carbons (Fsp3) is 0.600. The van der Waals surface area contributed by atoms with Gasteiger partial charge >= 0.3 is 0 Å². The van der Waals surface area contributed by atoms with Crippen LogP contribution in [-0.2, 0) is 0 Å². The summed E-state index contributed by atoms with van der Waals surface area (Å²) in [7, 11) is 0. The molecule has 0 bridgehead atoms. The molecule has 0 spiro atoms. The number of rotatable bonds is 2. The maximum absolute atomic E-state index is 12.4. The maximum Gasteiger partial charge on any atom is 0.270 e. The highest BCUT2D eigenvalue weighted by molar-refractivity contribution is 7.99. The number of nitrogens with one attached hydrogen (secondary N) is 1. The lowest BCUT2D eigenvalue weighted by molar-refractivity contribution is 0.0554. The number of nitriles is 1. The molecule has 6 heteroatoms. The number of piperazine rings is 1. The molecule has 1 aromatic rings. The quantitative estimate of drug-likeness (QED) is 0.900. The van der Waals surface area contributed by atoms with Crippen LogP contribution in [0.4, 0.5) is 0 Å². The van der Waals surface area contributed by atoms with Crippen molar-refractivity contribution < 1.29 is 4.79 Å². The highest BCUT2D eigenvalue weighted by Crippen LogP contribution is 2.23. The van der Waals surface area contributed by atoms with E-state index in [9.17, 15) is 4.79 Å². The number of H-pyrrole nitrogens is 1. The van der Waals surface area contributed by atoms with Crippen molar-refractivity contribution in [2.45, 2.75) is 18.9 Å². The molecule has 2 fully saturated rings. The molecular weight excluding hydrogens is 284 g/mol. The van der Waals surface area contributed by atoms with Crippen LogP contribution in [0.15, 0.2) is 12.3 Å². The first-order valence-corrected chi connectivity index (χ1v) is 8.63. The predicted octanol–water partition coefficient (Wildman–Crippen LogP) is 1.54. The van der Waals surface area contributed by atoms with E-state index in [2.05, 4.69) is 9.88 Å². The molecule has 0 unspecified atom stereocenters. The second-order valence-corrected chi connectivity index (χ2v) is 6.81. The van der Waals surface area contributed by atoms with Crippen molar-refractivity contribution in [3.8, 4) is 6.07 Å². The zero-order chi connectivity index (χ0) is 14.7. The van der Waals surface area contributed by atoms with E-state index in [-0.39, 0.29) is 5.91 Å². The number of amides is 1. The Hall–Kier alpha value is -1.45. The molecule has 0 aliphatic carbocycles. The molecular formula is C15H20N4OS. The maximum atomic E-state index is 12.4. The number of aromatic amines is 1. The van der Waals surface area contributed by atoms with Crippen LogP contribution in [-0.4, -0.2) is 64.4 Å². The molecule has 2 aliphatic rings. The van der Waals surface area contributed by atoms with Gasteiger partial charge in [-0.2, -0.15) is 17.0 Å². The summed E-state index contributed by atoms with van der Waals surface area (Å²) in [6.45, 7) is 3.49. The number of thioether (sulfide) groups is 1. The van der Waals surface area contributed by atoms with Crippen molar-refractivity contribution in [3.05, 3.63) is 23.5 Å². The van der Waals surface area contributed by atoms with E-state index < -0.39 is 0 Å². The van der Waals surface area contributed by atoms with E-state index in [1.54, 1.807) is 12.3 Å². The SMILES string of the molecule is N#Cc1c[nH]c(C(=O)N2CCN(C3CCSCC3)CC2)c1. The largest absolute Gasteiger partial charge is 0.356 e. The summed E-state index contributed by atoms with van der Waals surface area (Å²) >= 11 is 2.05. The first-order chi connectivity index (χ1) is 10.3. The molecule has 0 saturated carbocycles. The highest BCUT2D eigenvalue weighted by Gasteiger charge is 2.27. The average Bonchev–Trinajstić information content (AvgIpc) is 3.04. The van der Waals surface area contributed by atoms with Crippen molar-refractivity contribution in [1.29, 1.82) is 5.26 Å². The number of hydrogen-bond acceptors (Lipinski definition) is 4. The second kappa shape index (κ2) is 6.54. The lowest BCUT2D eigenvalue weighted by Gasteiger charge is -2.40. The van der Waals surface area contributed by atoms with E-state index in [4.69, 9.17) is 5.26 Å². The van der Waals surface area contributed by atoms with Gasteiger partial charge in [0.05, 0.1) is 5.56 Å². The molecule has 112 valence electrons. The Morgan fingerprint density at radius 3 is 2.62 bits per heavy atom. The second-order valence-electron chi connectivity index (χ2n) is 5.59. The summed E-state index contributed by atoms with van der Waals surface area (Å²) in [4.78, 5) is 19.7. The first-order valence-electron chi connectivity index (χ1n) is 7.47. The number of nitrogens with zero attached hydrogens (tertiary/aromatic N) is 3. The van der Waals surface area contributed by atoms with Gasteiger partial charge in [0.25, 0.3) is 5.91 Å². The van der Waals surface area contributed by atoms with Crippen LogP contribution in [0.2, 0.25) is 0 Å². The van der Waals surface area contributed by atoms with E-state index >= 15 is 0 Å². The topological polar surface area (TPSA) is 63.1 Å². The Labute approximate surface area is 129 Å². The zero-order valence-electron chi connectivity index (χ0n) is 12.0. The Kier molecular flexibility index (Phi) is 4.51. The average molecular weight is 304 g/mol. The summed E-state index contributed by atoms with van der Waals surface area (Å²) in [5.41, 5.74) is 1.03. The van der Waals surface area contributed by atoms with E-state index in [0.29, 0.717) is 17.3 Å². The van der Waals surface area contributed by atoms with Gasteiger partial charge in [-0.05, 0) is 30.4 Å². The minimum Gasteiger partial charge on any atom is -0.356 e. The summed E-state index contributed by atoms with van der Waals surface area (Å²) in [5.74, 6) is 2.54. The standard InChI is InChI=1S/C15H20N4OS/c16-10-12-9-14(17-11-12)15(20)19-5-3-18(4-6-19)13-1-7-21-8-2-13/h9,11,13,17H,1-8H2. The number of aromatic nitrogens is 1. The van der Waals surface area contributed by atoms with Crippen LogP contribution < -0.4 is 0 Å². The number of carbonyl (C=O) groups excluding carboxylic acids is 1. The Balaban J connectivity index is 1.55. The van der Waals surface area contributed by atoms with Crippen LogP contribution >= 0.6 is 11.8 Å². The van der Waals surface area contributed by atoms with Gasteiger partial charge in [-0.1, -0.05) is 0 Å². The van der Waals surface area contributed by atoms with Crippen molar-refractivity contribution in [1.82, 2.24) is 14.8 Å². The molecule has 0 aromatic carbocycles. The van der Waals surface area contributed by atoms with Gasteiger partial charge in [0.1, 0.15) is 11.8 Å². The van der Waals surface area contributed by atoms with Crippen molar-refractivity contribution in [2.75, 3.05) is 37.7 Å². The van der Waals surface area contributed by atoms with E-state index in [1.807, 2.05) is 22.7 Å². The normalized spacial score (nSPS) is 21.2. The van der Waals surface area contributed by atoms with Crippen LogP contribution in [0.25, 0.3) is 0 Å². The van der Waals surface area contributed by atoms with Gasteiger partial charge in [0, 0.05) is 38.4 Å². The van der Waals surface area contributed by atoms with Gasteiger partial charge in [-0.15, -0.1) is 0 Å². The molecule has 5 nitrogen and oxygen atoms in total. The van der Waals surface area contributed by atoms with E-state index in [1.165, 1.54) is 24.3 Å². The fourth-order valence-electron chi connectivity index (χ4n) is 3.09. The molecule has 2 aliphatic heterocycles. The summed E-state index contributed by atoms with van der Waals surface area (Å²) in [5, 5.41) is 8.82. The minimum absolute atomic E-state index is 0.00958. The third-order valence-corrected chi connectivity index (χ3v) is 5.40. The third kappa shape index (κ3) is 3.25. The molecule has 3 rings (SSSR count). The van der Waals surface area contributed by atoms with Crippen LogP contribution in [0.3, 0.4) is 0 Å². The van der Waals surface area contributed by atoms with Gasteiger partial charge in [-0.25, -0.2) is 0 Å². The summed E-state index contributed by atoms with van der Waals surface area (Å²) < 4.78 is 0. The third-order valence-electron chi connectivity index (χ3n) is 4.35. The van der Waals surface area contributed by atoms with Gasteiger partial charge in [-0.3, -0.25) is 9.69 Å². The molecule has 0 radical (unpaired) electrons. The molecule has 1 aromatic heterocycles. The zero-order valence-corrected chi connectivity index (χ0v) is 12.9. The monoisotopic (exact) mass is 304 g/mol. The number of carbonyl (C=O) groups is 1. The molecule has 0 atom stereocenters. The van der Waals surface area contributed by atoms with Crippen molar-refractivity contribution in [2.24, 2.45) is 0 Å². The predicted molar refractivity (Wildman–Crippen MR) is 83.3 cm³/mol. The Morgan fingerprint density at radius 1 is 1.29 bits per heavy atom. The molecule has 1 amide bonds. The van der Waals surface area contributed by atoms with Gasteiger partial charge < -0.3 is 9.88 Å². The van der Waals surface area contributed by atoms with Gasteiger partial charge in [0.15, 0.2) is 0 Å². The smallest absolute Gasteiger partial charge is 0.270 e.